The van der Waals surface area contributed by atoms with Gasteiger partial charge in [0.05, 0.1) is 5.92 Å². The quantitative estimate of drug-likeness (QED) is 0.783. The van der Waals surface area contributed by atoms with E-state index in [1.54, 1.807) is 0 Å². The van der Waals surface area contributed by atoms with Crippen LogP contribution in [0.5, 0.6) is 0 Å². The zero-order chi connectivity index (χ0) is 12.0. The monoisotopic (exact) mass is 280 g/mol. The molecule has 0 saturated carbocycles. The average molecular weight is 281 g/mol. The lowest BCUT2D eigenvalue weighted by molar-refractivity contribution is -0.124. The Hall–Kier alpha value is 0.0700. The highest BCUT2D eigenvalue weighted by molar-refractivity contribution is 8.00. The third-order valence-electron chi connectivity index (χ3n) is 3.74. The van der Waals surface area contributed by atoms with Crippen LogP contribution in [0, 0.1) is 5.92 Å². The molecule has 1 fully saturated rings. The van der Waals surface area contributed by atoms with Crippen LogP contribution in [-0.2, 0) is 4.79 Å². The van der Waals surface area contributed by atoms with Crippen LogP contribution < -0.4 is 10.6 Å². The van der Waals surface area contributed by atoms with Crippen molar-refractivity contribution in [1.82, 2.24) is 10.6 Å². The Morgan fingerprint density at radius 2 is 2.12 bits per heavy atom. The zero-order valence-corrected chi connectivity index (χ0v) is 12.7. The van der Waals surface area contributed by atoms with Crippen LogP contribution in [0.3, 0.4) is 0 Å². The van der Waals surface area contributed by atoms with Crippen molar-refractivity contribution in [3.8, 4) is 0 Å². The van der Waals surface area contributed by atoms with Gasteiger partial charge in [-0.05, 0) is 32.1 Å². The van der Waals surface area contributed by atoms with Crippen molar-refractivity contribution in [2.24, 2.45) is 5.92 Å². The molecule has 2 N–H and O–H groups in total. The fourth-order valence-electron chi connectivity index (χ4n) is 2.13. The molecule has 0 bridgehead atoms. The van der Waals surface area contributed by atoms with Crippen LogP contribution in [0.1, 0.15) is 33.1 Å². The fourth-order valence-corrected chi connectivity index (χ4v) is 2.93. The van der Waals surface area contributed by atoms with E-state index in [-0.39, 0.29) is 29.0 Å². The SMILES string of the molecule is CCC(CC)(CNC(=O)C1CCNC1)SC.Cl. The summed E-state index contributed by atoms with van der Waals surface area (Å²) >= 11 is 1.87. The summed E-state index contributed by atoms with van der Waals surface area (Å²) in [7, 11) is 0. The minimum Gasteiger partial charge on any atom is -0.354 e. The normalized spacial score (nSPS) is 19.8. The molecule has 0 aromatic carbocycles. The number of nitrogens with one attached hydrogen (secondary N) is 2. The van der Waals surface area contributed by atoms with Gasteiger partial charge in [0.1, 0.15) is 0 Å². The smallest absolute Gasteiger partial charge is 0.224 e. The lowest BCUT2D eigenvalue weighted by Crippen LogP contribution is -2.42. The summed E-state index contributed by atoms with van der Waals surface area (Å²) in [6, 6.07) is 0. The Balaban J connectivity index is 0.00000256. The molecule has 0 aromatic heterocycles. The molecule has 1 amide bonds. The molecule has 1 heterocycles. The maximum Gasteiger partial charge on any atom is 0.224 e. The molecule has 0 aromatic rings. The van der Waals surface area contributed by atoms with Gasteiger partial charge in [-0.25, -0.2) is 0 Å². The van der Waals surface area contributed by atoms with Gasteiger partial charge in [0, 0.05) is 17.8 Å². The first-order valence-corrected chi connectivity index (χ1v) is 7.43. The molecule has 17 heavy (non-hydrogen) atoms. The maximum absolute atomic E-state index is 11.9. The molecule has 3 nitrogen and oxygen atoms in total. The average Bonchev–Trinajstić information content (AvgIpc) is 2.85. The number of carbonyl (C=O) groups is 1. The van der Waals surface area contributed by atoms with Gasteiger partial charge in [-0.3, -0.25) is 4.79 Å². The summed E-state index contributed by atoms with van der Waals surface area (Å²) in [6.07, 6.45) is 5.33. The highest BCUT2D eigenvalue weighted by atomic mass is 35.5. The first kappa shape index (κ1) is 17.1. The number of carbonyl (C=O) groups excluding carboxylic acids is 1. The van der Waals surface area contributed by atoms with E-state index in [1.807, 2.05) is 11.8 Å². The van der Waals surface area contributed by atoms with Crippen molar-refractivity contribution >= 4 is 30.1 Å². The summed E-state index contributed by atoms with van der Waals surface area (Å²) in [4.78, 5) is 11.9. The molecule has 0 radical (unpaired) electrons. The molecular weight excluding hydrogens is 256 g/mol. The number of hydrogen-bond acceptors (Lipinski definition) is 3. The Morgan fingerprint density at radius 3 is 2.53 bits per heavy atom. The summed E-state index contributed by atoms with van der Waals surface area (Å²) in [5, 5.41) is 6.34. The number of amides is 1. The van der Waals surface area contributed by atoms with E-state index >= 15 is 0 Å². The van der Waals surface area contributed by atoms with E-state index in [1.165, 1.54) is 0 Å². The predicted molar refractivity (Wildman–Crippen MR) is 78.1 cm³/mol. The second-order valence-corrected chi connectivity index (χ2v) is 5.78. The fraction of sp³-hybridized carbons (Fsp3) is 0.917. The molecule has 1 unspecified atom stereocenters. The minimum absolute atomic E-state index is 0. The van der Waals surface area contributed by atoms with Crippen molar-refractivity contribution < 1.29 is 4.79 Å². The van der Waals surface area contributed by atoms with Gasteiger partial charge in [0.25, 0.3) is 0 Å². The zero-order valence-electron chi connectivity index (χ0n) is 11.0. The van der Waals surface area contributed by atoms with Crippen molar-refractivity contribution in [2.75, 3.05) is 25.9 Å². The second kappa shape index (κ2) is 8.22. The molecule has 5 heteroatoms. The maximum atomic E-state index is 11.9. The van der Waals surface area contributed by atoms with Crippen LogP contribution >= 0.6 is 24.2 Å². The van der Waals surface area contributed by atoms with Gasteiger partial charge in [0.15, 0.2) is 0 Å². The van der Waals surface area contributed by atoms with E-state index < -0.39 is 0 Å². The van der Waals surface area contributed by atoms with Crippen molar-refractivity contribution in [2.45, 2.75) is 37.9 Å². The van der Waals surface area contributed by atoms with Gasteiger partial charge >= 0.3 is 0 Å². The second-order valence-electron chi connectivity index (χ2n) is 4.50. The van der Waals surface area contributed by atoms with E-state index in [2.05, 4.69) is 30.7 Å². The van der Waals surface area contributed by atoms with Crippen molar-refractivity contribution in [3.05, 3.63) is 0 Å². The third-order valence-corrected chi connectivity index (χ3v) is 5.33. The van der Waals surface area contributed by atoms with Crippen LogP contribution in [0.4, 0.5) is 0 Å². The highest BCUT2D eigenvalue weighted by Crippen LogP contribution is 2.29. The molecule has 102 valence electrons. The summed E-state index contributed by atoms with van der Waals surface area (Å²) in [6.45, 7) is 7.02. The van der Waals surface area contributed by atoms with E-state index in [4.69, 9.17) is 0 Å². The van der Waals surface area contributed by atoms with E-state index in [0.717, 1.165) is 38.9 Å². The lowest BCUT2D eigenvalue weighted by atomic mass is 10.0. The first-order chi connectivity index (χ1) is 7.67. The van der Waals surface area contributed by atoms with Gasteiger partial charge in [-0.15, -0.1) is 12.4 Å². The standard InChI is InChI=1S/C12H24N2OS.ClH/c1-4-12(5-2,16-3)9-14-11(15)10-6-7-13-8-10;/h10,13H,4-9H2,1-3H3,(H,14,15);1H. The lowest BCUT2D eigenvalue weighted by Gasteiger charge is -2.30. The van der Waals surface area contributed by atoms with Gasteiger partial charge in [-0.1, -0.05) is 13.8 Å². The van der Waals surface area contributed by atoms with Crippen LogP contribution in [-0.4, -0.2) is 36.5 Å². The Labute approximate surface area is 115 Å². The molecule has 0 spiro atoms. The van der Waals surface area contributed by atoms with Gasteiger partial charge in [-0.2, -0.15) is 11.8 Å². The summed E-state index contributed by atoms with van der Waals surface area (Å²) < 4.78 is 0.224. The number of thioether (sulfide) groups is 1. The Bertz CT molecular complexity index is 220. The molecule has 0 aliphatic carbocycles. The number of hydrogen-bond donors (Lipinski definition) is 2. The first-order valence-electron chi connectivity index (χ1n) is 6.21. The number of halogens is 1. The van der Waals surface area contributed by atoms with Crippen LogP contribution in [0.2, 0.25) is 0 Å². The number of rotatable bonds is 6. The van der Waals surface area contributed by atoms with Crippen molar-refractivity contribution in [3.63, 3.8) is 0 Å². The van der Waals surface area contributed by atoms with Crippen LogP contribution in [0.15, 0.2) is 0 Å². The van der Waals surface area contributed by atoms with Crippen molar-refractivity contribution in [1.29, 1.82) is 0 Å². The van der Waals surface area contributed by atoms with E-state index in [0.29, 0.717) is 0 Å². The topological polar surface area (TPSA) is 41.1 Å². The molecule has 1 aliphatic heterocycles. The molecule has 1 saturated heterocycles. The Kier molecular flexibility index (Phi) is 8.25. The predicted octanol–water partition coefficient (Wildman–Crippen LogP) is 2.06. The molecule has 1 atom stereocenters. The summed E-state index contributed by atoms with van der Waals surface area (Å²) in [5.74, 6) is 0.415. The van der Waals surface area contributed by atoms with Gasteiger partial charge in [0.2, 0.25) is 5.91 Å². The minimum atomic E-state index is 0. The summed E-state index contributed by atoms with van der Waals surface area (Å²) in [5.41, 5.74) is 0. The molecule has 1 aliphatic rings. The van der Waals surface area contributed by atoms with Gasteiger partial charge < -0.3 is 10.6 Å². The third kappa shape index (κ3) is 4.68. The molecular formula is C12H25ClN2OS. The highest BCUT2D eigenvalue weighted by Gasteiger charge is 2.28. The van der Waals surface area contributed by atoms with E-state index in [9.17, 15) is 4.79 Å². The van der Waals surface area contributed by atoms with Crippen LogP contribution in [0.25, 0.3) is 0 Å². The largest absolute Gasteiger partial charge is 0.354 e. The Morgan fingerprint density at radius 1 is 1.47 bits per heavy atom. The molecule has 1 rings (SSSR count).